The third-order valence-electron chi connectivity index (χ3n) is 7.65. The van der Waals surface area contributed by atoms with Crippen LogP contribution in [0.1, 0.15) is 57.9 Å². The van der Waals surface area contributed by atoms with Crippen molar-refractivity contribution in [1.29, 1.82) is 0 Å². The van der Waals surface area contributed by atoms with E-state index in [1.54, 1.807) is 0 Å². The summed E-state index contributed by atoms with van der Waals surface area (Å²) in [6.45, 7) is 7.73. The van der Waals surface area contributed by atoms with E-state index in [0.29, 0.717) is 19.4 Å². The Balaban J connectivity index is 1.15. The number of hydrogen-bond acceptors (Lipinski definition) is 9. The van der Waals surface area contributed by atoms with Crippen molar-refractivity contribution in [1.82, 2.24) is 0 Å². The van der Waals surface area contributed by atoms with Crippen LogP contribution in [0.2, 0.25) is 0 Å². The Morgan fingerprint density at radius 2 is 1.27 bits per heavy atom. The van der Waals surface area contributed by atoms with Crippen LogP contribution in [0.4, 0.5) is 0 Å². The van der Waals surface area contributed by atoms with Crippen molar-refractivity contribution in [3.63, 3.8) is 0 Å². The summed E-state index contributed by atoms with van der Waals surface area (Å²) < 4.78 is 53.6. The molecule has 45 heavy (non-hydrogen) atoms. The first-order valence-electron chi connectivity index (χ1n) is 15.5. The average Bonchev–Trinajstić information content (AvgIpc) is 3.02. The van der Waals surface area contributed by atoms with Crippen LogP contribution in [0.5, 0.6) is 17.2 Å². The van der Waals surface area contributed by atoms with Crippen molar-refractivity contribution in [3.05, 3.63) is 78.4 Å². The zero-order chi connectivity index (χ0) is 32.1. The molecule has 3 aromatic carbocycles. The van der Waals surface area contributed by atoms with Gasteiger partial charge in [-0.3, -0.25) is 9.59 Å². The highest BCUT2D eigenvalue weighted by Crippen LogP contribution is 2.31. The Bertz CT molecular complexity index is 1470. The van der Waals surface area contributed by atoms with Gasteiger partial charge in [-0.05, 0) is 98.3 Å². The summed E-state index contributed by atoms with van der Waals surface area (Å²) in [4.78, 5) is 24.2. The van der Waals surface area contributed by atoms with E-state index in [9.17, 15) is 18.0 Å². The summed E-state index contributed by atoms with van der Waals surface area (Å²) in [5.74, 6) is 0.529. The highest BCUT2D eigenvalue weighted by molar-refractivity contribution is 7.91. The Kier molecular flexibility index (Phi) is 12.6. The second kappa shape index (κ2) is 16.5. The molecule has 0 aromatic heterocycles. The van der Waals surface area contributed by atoms with Crippen molar-refractivity contribution < 1.29 is 41.7 Å². The fraction of sp³-hybridized carbons (Fsp3) is 0.429. The average molecular weight is 639 g/mol. The van der Waals surface area contributed by atoms with Gasteiger partial charge >= 0.3 is 11.9 Å². The number of esters is 2. The van der Waals surface area contributed by atoms with E-state index in [4.69, 9.17) is 23.7 Å². The first kappa shape index (κ1) is 34.1. The van der Waals surface area contributed by atoms with Crippen LogP contribution in [0.15, 0.2) is 82.6 Å². The number of rotatable bonds is 18. The molecule has 0 aliphatic carbocycles. The normalized spacial score (nSPS) is 13.9. The Labute approximate surface area is 265 Å². The molecular formula is C35H42O9S. The largest absolute Gasteiger partial charge is 0.494 e. The molecule has 1 aliphatic heterocycles. The number of unbranched alkanes of at least 4 members (excludes halogenated alkanes) is 1. The first-order valence-corrected chi connectivity index (χ1v) is 17.0. The molecule has 1 fully saturated rings. The molecule has 0 bridgehead atoms. The predicted octanol–water partition coefficient (Wildman–Crippen LogP) is 6.37. The van der Waals surface area contributed by atoms with Gasteiger partial charge in [0.25, 0.3) is 0 Å². The van der Waals surface area contributed by atoms with Crippen LogP contribution in [-0.4, -0.2) is 53.4 Å². The molecule has 0 saturated carbocycles. The van der Waals surface area contributed by atoms with Gasteiger partial charge in [-0.2, -0.15) is 0 Å². The minimum absolute atomic E-state index is 0.0537. The molecular weight excluding hydrogens is 596 g/mol. The fourth-order valence-electron chi connectivity index (χ4n) is 4.64. The van der Waals surface area contributed by atoms with E-state index in [1.807, 2.05) is 31.2 Å². The van der Waals surface area contributed by atoms with Gasteiger partial charge < -0.3 is 23.7 Å². The molecule has 0 spiro atoms. The molecule has 0 unspecified atom stereocenters. The van der Waals surface area contributed by atoms with Crippen LogP contribution in [0, 0.1) is 5.41 Å². The van der Waals surface area contributed by atoms with Crippen molar-refractivity contribution in [2.75, 3.05) is 33.0 Å². The minimum Gasteiger partial charge on any atom is -0.494 e. The van der Waals surface area contributed by atoms with E-state index < -0.39 is 15.8 Å². The standard InChI is InChI=1S/C35H42O9S/c1-3-7-33(36)43-29-13-17-31(18-14-29)45(38,39)32-19-15-30(16-20-32)44-34(37)21-10-27-8-11-28(12-9-27)42-23-6-5-22-40-24-35(4-2)25-41-26-35/h8-9,11-20H,3-7,10,21-26H2,1-2H3. The summed E-state index contributed by atoms with van der Waals surface area (Å²) in [7, 11) is -3.81. The van der Waals surface area contributed by atoms with E-state index >= 15 is 0 Å². The van der Waals surface area contributed by atoms with E-state index in [1.165, 1.54) is 48.5 Å². The molecule has 9 nitrogen and oxygen atoms in total. The molecule has 1 heterocycles. The van der Waals surface area contributed by atoms with Crippen LogP contribution in [-0.2, 0) is 35.3 Å². The van der Waals surface area contributed by atoms with Crippen LogP contribution in [0.25, 0.3) is 0 Å². The smallest absolute Gasteiger partial charge is 0.311 e. The van der Waals surface area contributed by atoms with Gasteiger partial charge in [0, 0.05) is 24.9 Å². The maximum absolute atomic E-state index is 13.0. The Hall–Kier alpha value is -3.73. The minimum atomic E-state index is -3.81. The zero-order valence-electron chi connectivity index (χ0n) is 26.0. The number of benzene rings is 3. The Morgan fingerprint density at radius 1 is 0.733 bits per heavy atom. The highest BCUT2D eigenvalue weighted by atomic mass is 32.2. The molecule has 0 amide bonds. The van der Waals surface area contributed by atoms with Crippen molar-refractivity contribution in [3.8, 4) is 17.2 Å². The number of sulfone groups is 1. The number of ether oxygens (including phenoxy) is 5. The molecule has 242 valence electrons. The van der Waals surface area contributed by atoms with E-state index in [2.05, 4.69) is 6.92 Å². The third kappa shape index (κ3) is 10.1. The summed E-state index contributed by atoms with van der Waals surface area (Å²) in [6, 6.07) is 19.0. The molecule has 0 radical (unpaired) electrons. The second-order valence-electron chi connectivity index (χ2n) is 11.2. The van der Waals surface area contributed by atoms with Gasteiger partial charge in [-0.15, -0.1) is 0 Å². The topological polar surface area (TPSA) is 114 Å². The van der Waals surface area contributed by atoms with Gasteiger partial charge in [-0.25, -0.2) is 8.42 Å². The number of aryl methyl sites for hydroxylation is 1. The summed E-state index contributed by atoms with van der Waals surface area (Å²) in [5, 5.41) is 0. The molecule has 1 saturated heterocycles. The fourth-order valence-corrected chi connectivity index (χ4v) is 5.90. The molecule has 0 N–H and O–H groups in total. The maximum Gasteiger partial charge on any atom is 0.311 e. The molecule has 1 aliphatic rings. The van der Waals surface area contributed by atoms with Gasteiger partial charge in [0.1, 0.15) is 17.2 Å². The van der Waals surface area contributed by atoms with Gasteiger partial charge in [0.05, 0.1) is 36.2 Å². The Morgan fingerprint density at radius 3 is 1.78 bits per heavy atom. The zero-order valence-corrected chi connectivity index (χ0v) is 26.8. The SMILES string of the molecule is CCCC(=O)Oc1ccc(S(=O)(=O)c2ccc(OC(=O)CCc3ccc(OCCCCOCC4(CC)COC4)cc3)cc2)cc1. The molecule has 4 rings (SSSR count). The van der Waals surface area contributed by atoms with Crippen molar-refractivity contribution in [2.24, 2.45) is 5.41 Å². The van der Waals surface area contributed by atoms with Crippen molar-refractivity contribution >= 4 is 21.8 Å². The van der Waals surface area contributed by atoms with Gasteiger partial charge in [0.15, 0.2) is 0 Å². The summed E-state index contributed by atoms with van der Waals surface area (Å²) in [5.41, 5.74) is 1.20. The van der Waals surface area contributed by atoms with E-state index in [-0.39, 0.29) is 45.5 Å². The predicted molar refractivity (Wildman–Crippen MR) is 168 cm³/mol. The lowest BCUT2D eigenvalue weighted by molar-refractivity contribution is -0.150. The van der Waals surface area contributed by atoms with Crippen molar-refractivity contribution in [2.45, 2.75) is 68.6 Å². The first-order chi connectivity index (χ1) is 21.7. The van der Waals surface area contributed by atoms with Gasteiger partial charge in [-0.1, -0.05) is 26.0 Å². The number of hydrogen-bond donors (Lipinski definition) is 0. The number of carbonyl (C=O) groups is 2. The summed E-state index contributed by atoms with van der Waals surface area (Å²) in [6.07, 6.45) is 4.53. The quantitative estimate of drug-likeness (QED) is 0.0891. The third-order valence-corrected chi connectivity index (χ3v) is 9.44. The lowest BCUT2D eigenvalue weighted by Crippen LogP contribution is -2.45. The monoisotopic (exact) mass is 638 g/mol. The molecule has 10 heteroatoms. The van der Waals surface area contributed by atoms with Crippen LogP contribution >= 0.6 is 0 Å². The lowest BCUT2D eigenvalue weighted by Gasteiger charge is -2.40. The number of carbonyl (C=O) groups excluding carboxylic acids is 2. The van der Waals surface area contributed by atoms with Gasteiger partial charge in [0.2, 0.25) is 9.84 Å². The van der Waals surface area contributed by atoms with E-state index in [0.717, 1.165) is 57.0 Å². The highest BCUT2D eigenvalue weighted by Gasteiger charge is 2.36. The molecule has 0 atom stereocenters. The van der Waals surface area contributed by atoms with Crippen LogP contribution in [0.3, 0.4) is 0 Å². The maximum atomic E-state index is 13.0. The second-order valence-corrected chi connectivity index (χ2v) is 13.2. The molecule has 3 aromatic rings. The lowest BCUT2D eigenvalue weighted by atomic mass is 9.84. The summed E-state index contributed by atoms with van der Waals surface area (Å²) >= 11 is 0. The van der Waals surface area contributed by atoms with Crippen LogP contribution < -0.4 is 14.2 Å².